The minimum atomic E-state index is -0.370. The Morgan fingerprint density at radius 1 is 1.40 bits per heavy atom. The molecule has 108 valence electrons. The van der Waals surface area contributed by atoms with Crippen LogP contribution in [0.15, 0.2) is 22.7 Å². The highest BCUT2D eigenvalue weighted by atomic mass is 79.9. The number of hydrogen-bond acceptors (Lipinski definition) is 3. The number of amides is 2. The van der Waals surface area contributed by atoms with Gasteiger partial charge in [-0.25, -0.2) is 0 Å². The number of anilines is 1. The topological polar surface area (TPSA) is 66.6 Å². The molecule has 20 heavy (non-hydrogen) atoms. The van der Waals surface area contributed by atoms with E-state index in [-0.39, 0.29) is 17.9 Å². The molecule has 1 aliphatic rings. The fourth-order valence-electron chi connectivity index (χ4n) is 2.43. The number of nitrogen functional groups attached to an aromatic ring is 1. The third-order valence-corrected chi connectivity index (χ3v) is 4.15. The van der Waals surface area contributed by atoms with Crippen molar-refractivity contribution in [1.82, 2.24) is 9.80 Å². The van der Waals surface area contributed by atoms with E-state index in [0.29, 0.717) is 28.7 Å². The Morgan fingerprint density at radius 2 is 2.10 bits per heavy atom. The second-order valence-corrected chi connectivity index (χ2v) is 5.98. The van der Waals surface area contributed by atoms with Crippen LogP contribution in [-0.4, -0.2) is 48.3 Å². The molecule has 0 saturated carbocycles. The van der Waals surface area contributed by atoms with Crippen LogP contribution in [0.25, 0.3) is 0 Å². The molecular formula is C14H18BrN3O2. The SMILES string of the molecule is CN(C)C(=O)C1CCCN1C(=O)c1cc(N)ccc1Br. The van der Waals surface area contributed by atoms with E-state index in [1.807, 2.05) is 0 Å². The summed E-state index contributed by atoms with van der Waals surface area (Å²) < 4.78 is 0.694. The van der Waals surface area contributed by atoms with Gasteiger partial charge in [0.2, 0.25) is 5.91 Å². The minimum absolute atomic E-state index is 0.0316. The van der Waals surface area contributed by atoms with Crippen LogP contribution in [0.5, 0.6) is 0 Å². The molecule has 1 fully saturated rings. The molecule has 0 radical (unpaired) electrons. The number of hydrogen-bond donors (Lipinski definition) is 1. The number of nitrogens with two attached hydrogens (primary N) is 1. The van der Waals surface area contributed by atoms with E-state index in [0.717, 1.165) is 6.42 Å². The van der Waals surface area contributed by atoms with Gasteiger partial charge in [0, 0.05) is 30.8 Å². The van der Waals surface area contributed by atoms with Crippen molar-refractivity contribution >= 4 is 33.4 Å². The second-order valence-electron chi connectivity index (χ2n) is 5.13. The number of halogens is 1. The van der Waals surface area contributed by atoms with Crippen LogP contribution in [0.4, 0.5) is 5.69 Å². The maximum absolute atomic E-state index is 12.6. The average molecular weight is 340 g/mol. The number of rotatable bonds is 2. The molecule has 1 aromatic carbocycles. The van der Waals surface area contributed by atoms with Crippen LogP contribution >= 0.6 is 15.9 Å². The predicted molar refractivity (Wildman–Crippen MR) is 81.3 cm³/mol. The summed E-state index contributed by atoms with van der Waals surface area (Å²) in [5, 5.41) is 0. The zero-order valence-corrected chi connectivity index (χ0v) is 13.2. The lowest BCUT2D eigenvalue weighted by Gasteiger charge is -2.26. The lowest BCUT2D eigenvalue weighted by Crippen LogP contribution is -2.45. The van der Waals surface area contributed by atoms with Crippen LogP contribution in [0, 0.1) is 0 Å². The quantitative estimate of drug-likeness (QED) is 0.834. The van der Waals surface area contributed by atoms with Crippen LogP contribution < -0.4 is 5.73 Å². The summed E-state index contributed by atoms with van der Waals surface area (Å²) in [7, 11) is 3.42. The zero-order valence-electron chi connectivity index (χ0n) is 11.6. The molecule has 6 heteroatoms. The van der Waals surface area contributed by atoms with Crippen LogP contribution in [-0.2, 0) is 4.79 Å². The zero-order chi connectivity index (χ0) is 14.9. The third kappa shape index (κ3) is 2.80. The van der Waals surface area contributed by atoms with Gasteiger partial charge in [-0.15, -0.1) is 0 Å². The highest BCUT2D eigenvalue weighted by Gasteiger charge is 2.35. The maximum Gasteiger partial charge on any atom is 0.255 e. The molecule has 2 amide bonds. The number of benzene rings is 1. The van der Waals surface area contributed by atoms with Crippen LogP contribution in [0.1, 0.15) is 23.2 Å². The predicted octanol–water partition coefficient (Wildman–Crippen LogP) is 1.72. The lowest BCUT2D eigenvalue weighted by atomic mass is 10.1. The first-order chi connectivity index (χ1) is 9.41. The van der Waals surface area contributed by atoms with Crippen molar-refractivity contribution in [3.63, 3.8) is 0 Å². The lowest BCUT2D eigenvalue weighted by molar-refractivity contribution is -0.132. The number of carbonyl (C=O) groups excluding carboxylic acids is 2. The van der Waals surface area contributed by atoms with Gasteiger partial charge >= 0.3 is 0 Å². The summed E-state index contributed by atoms with van der Waals surface area (Å²) in [5.41, 5.74) is 6.78. The Labute approximate surface area is 126 Å². The van der Waals surface area contributed by atoms with Crippen LogP contribution in [0.2, 0.25) is 0 Å². The molecule has 0 spiro atoms. The van der Waals surface area contributed by atoms with Gasteiger partial charge in [-0.05, 0) is 47.0 Å². The van der Waals surface area contributed by atoms with Crippen molar-refractivity contribution < 1.29 is 9.59 Å². The Balaban J connectivity index is 2.28. The summed E-state index contributed by atoms with van der Waals surface area (Å²) >= 11 is 3.37. The fraction of sp³-hybridized carbons (Fsp3) is 0.429. The maximum atomic E-state index is 12.6. The normalized spacial score (nSPS) is 18.1. The smallest absolute Gasteiger partial charge is 0.255 e. The van der Waals surface area contributed by atoms with Crippen molar-refractivity contribution in [2.75, 3.05) is 26.4 Å². The Kier molecular flexibility index (Phi) is 4.32. The molecule has 2 N–H and O–H groups in total. The minimum Gasteiger partial charge on any atom is -0.399 e. The summed E-state index contributed by atoms with van der Waals surface area (Å²) in [6.45, 7) is 0.602. The fourth-order valence-corrected chi connectivity index (χ4v) is 2.84. The van der Waals surface area contributed by atoms with E-state index in [1.54, 1.807) is 37.2 Å². The van der Waals surface area contributed by atoms with E-state index < -0.39 is 0 Å². The molecule has 1 unspecified atom stereocenters. The Bertz CT molecular complexity index is 545. The number of carbonyl (C=O) groups is 2. The van der Waals surface area contributed by atoms with Crippen molar-refractivity contribution in [3.05, 3.63) is 28.2 Å². The van der Waals surface area contributed by atoms with Crippen molar-refractivity contribution in [2.24, 2.45) is 0 Å². The van der Waals surface area contributed by atoms with Gasteiger partial charge in [0.1, 0.15) is 6.04 Å². The summed E-state index contributed by atoms with van der Waals surface area (Å²) in [4.78, 5) is 27.9. The van der Waals surface area contributed by atoms with Gasteiger partial charge < -0.3 is 15.5 Å². The van der Waals surface area contributed by atoms with Gasteiger partial charge in [-0.3, -0.25) is 9.59 Å². The monoisotopic (exact) mass is 339 g/mol. The first-order valence-corrected chi connectivity index (χ1v) is 7.28. The molecule has 0 bridgehead atoms. The third-order valence-electron chi connectivity index (χ3n) is 3.46. The molecule has 1 heterocycles. The first-order valence-electron chi connectivity index (χ1n) is 6.49. The largest absolute Gasteiger partial charge is 0.399 e. The number of likely N-dealkylation sites (tertiary alicyclic amines) is 1. The summed E-state index contributed by atoms with van der Waals surface area (Å²) in [5.74, 6) is -0.183. The van der Waals surface area contributed by atoms with Gasteiger partial charge in [0.05, 0.1) is 5.56 Å². The highest BCUT2D eigenvalue weighted by molar-refractivity contribution is 9.10. The first kappa shape index (κ1) is 14.8. The van der Waals surface area contributed by atoms with E-state index in [4.69, 9.17) is 5.73 Å². The van der Waals surface area contributed by atoms with Crippen molar-refractivity contribution in [1.29, 1.82) is 0 Å². The average Bonchev–Trinajstić information content (AvgIpc) is 2.88. The molecular weight excluding hydrogens is 322 g/mol. The van der Waals surface area contributed by atoms with E-state index in [9.17, 15) is 9.59 Å². The Hall–Kier alpha value is -1.56. The molecule has 1 aliphatic heterocycles. The van der Waals surface area contributed by atoms with Crippen LogP contribution in [0.3, 0.4) is 0 Å². The molecule has 1 saturated heterocycles. The molecule has 2 rings (SSSR count). The highest BCUT2D eigenvalue weighted by Crippen LogP contribution is 2.26. The Morgan fingerprint density at radius 3 is 2.75 bits per heavy atom. The van der Waals surface area contributed by atoms with Gasteiger partial charge in [-0.1, -0.05) is 0 Å². The van der Waals surface area contributed by atoms with Gasteiger partial charge in [-0.2, -0.15) is 0 Å². The van der Waals surface area contributed by atoms with E-state index in [2.05, 4.69) is 15.9 Å². The molecule has 0 aromatic heterocycles. The standard InChI is InChI=1S/C14H18BrN3O2/c1-17(2)14(20)12-4-3-7-18(12)13(19)10-8-9(16)5-6-11(10)15/h5-6,8,12H,3-4,7,16H2,1-2H3. The van der Waals surface area contributed by atoms with Gasteiger partial charge in [0.25, 0.3) is 5.91 Å². The van der Waals surface area contributed by atoms with E-state index >= 15 is 0 Å². The van der Waals surface area contributed by atoms with E-state index in [1.165, 1.54) is 4.90 Å². The molecule has 5 nitrogen and oxygen atoms in total. The van der Waals surface area contributed by atoms with Crippen molar-refractivity contribution in [2.45, 2.75) is 18.9 Å². The molecule has 1 aromatic rings. The number of likely N-dealkylation sites (N-methyl/N-ethyl adjacent to an activating group) is 1. The molecule has 1 atom stereocenters. The van der Waals surface area contributed by atoms with Crippen molar-refractivity contribution in [3.8, 4) is 0 Å². The summed E-state index contributed by atoms with van der Waals surface area (Å²) in [6, 6.07) is 4.75. The molecule has 0 aliphatic carbocycles. The summed E-state index contributed by atoms with van der Waals surface area (Å²) in [6.07, 6.45) is 1.55. The van der Waals surface area contributed by atoms with Gasteiger partial charge in [0.15, 0.2) is 0 Å². The second kappa shape index (κ2) is 5.83. The number of nitrogens with zero attached hydrogens (tertiary/aromatic N) is 2.